The zero-order valence-corrected chi connectivity index (χ0v) is 13.5. The van der Waals surface area contributed by atoms with Crippen molar-refractivity contribution in [2.24, 2.45) is 0 Å². The minimum absolute atomic E-state index is 0.0274. The Morgan fingerprint density at radius 3 is 2.52 bits per heavy atom. The highest BCUT2D eigenvalue weighted by molar-refractivity contribution is 7.11. The summed E-state index contributed by atoms with van der Waals surface area (Å²) in [7, 11) is 0. The number of nitrogen functional groups attached to an aromatic ring is 1. The van der Waals surface area contributed by atoms with Gasteiger partial charge in [-0.3, -0.25) is 0 Å². The number of hydrogen-bond acceptors (Lipinski definition) is 5. The third-order valence-corrected chi connectivity index (χ3v) is 3.78. The number of hydrogen-bond donors (Lipinski definition) is 2. The number of nitrogens with zero attached hydrogens (tertiary/aromatic N) is 1. The predicted molar refractivity (Wildman–Crippen MR) is 85.5 cm³/mol. The average Bonchev–Trinajstić information content (AvgIpc) is 2.74. The second kappa shape index (κ2) is 6.30. The molecule has 2 aromatic rings. The maximum atomic E-state index is 13.6. The molecule has 3 N–H and O–H groups in total. The summed E-state index contributed by atoms with van der Waals surface area (Å²) < 4.78 is 23.4. The number of nitrogens with one attached hydrogen (secondary N) is 1. The summed E-state index contributed by atoms with van der Waals surface area (Å²) in [6.45, 7) is 7.98. The Hall–Kier alpha value is -1.82. The van der Waals surface area contributed by atoms with E-state index in [0.29, 0.717) is 29.2 Å². The first kappa shape index (κ1) is 15.6. The lowest BCUT2D eigenvalue weighted by molar-refractivity contribution is 0.245. The fourth-order valence-electron chi connectivity index (χ4n) is 2.08. The lowest BCUT2D eigenvalue weighted by atomic mass is 10.1. The van der Waals surface area contributed by atoms with Crippen LogP contribution in [0.3, 0.4) is 0 Å². The molecule has 0 saturated heterocycles. The lowest BCUT2D eigenvalue weighted by Crippen LogP contribution is -2.09. The number of benzene rings is 1. The van der Waals surface area contributed by atoms with E-state index in [-0.39, 0.29) is 11.9 Å². The molecule has 0 radical (unpaired) electrons. The minimum atomic E-state index is -0.149. The molecule has 0 aliphatic rings. The van der Waals surface area contributed by atoms with Crippen LogP contribution in [0.25, 0.3) is 0 Å². The third-order valence-electron chi connectivity index (χ3n) is 2.98. The van der Waals surface area contributed by atoms with E-state index in [0.717, 1.165) is 10.6 Å². The molecule has 0 aliphatic carbocycles. The van der Waals surface area contributed by atoms with Gasteiger partial charge in [-0.1, -0.05) is 12.1 Å². The van der Waals surface area contributed by atoms with Gasteiger partial charge in [-0.25, -0.2) is 4.39 Å². The fraction of sp³-hybridized carbons (Fsp3) is 0.400. The normalized spacial score (nSPS) is 11.0. The number of ether oxygens (including phenoxy) is 1. The summed E-state index contributed by atoms with van der Waals surface area (Å²) in [5.74, 6) is 0.831. The number of nitrogens with two attached hydrogens (primary N) is 1. The molecule has 0 saturated carbocycles. The Balaban J connectivity index is 2.13. The lowest BCUT2D eigenvalue weighted by Gasteiger charge is -2.12. The molecule has 0 unspecified atom stereocenters. The molecule has 114 valence electrons. The first-order valence-electron chi connectivity index (χ1n) is 6.79. The van der Waals surface area contributed by atoms with Crippen molar-refractivity contribution in [1.29, 1.82) is 0 Å². The molecule has 0 bridgehead atoms. The Morgan fingerprint density at radius 1 is 1.33 bits per heavy atom. The number of halogens is 1. The summed E-state index contributed by atoms with van der Waals surface area (Å²) in [5, 5.41) is 4.05. The van der Waals surface area contributed by atoms with E-state index < -0.39 is 0 Å². The number of rotatable bonds is 5. The monoisotopic (exact) mass is 309 g/mol. The average molecular weight is 309 g/mol. The van der Waals surface area contributed by atoms with E-state index in [4.69, 9.17) is 10.5 Å². The maximum Gasteiger partial charge on any atom is 0.197 e. The quantitative estimate of drug-likeness (QED) is 0.880. The molecular weight excluding hydrogens is 289 g/mol. The molecule has 4 nitrogen and oxygen atoms in total. The largest absolute Gasteiger partial charge is 0.484 e. The van der Waals surface area contributed by atoms with Crippen molar-refractivity contribution in [2.75, 3.05) is 11.1 Å². The van der Waals surface area contributed by atoms with Crippen LogP contribution in [0.4, 0.5) is 15.2 Å². The molecule has 0 atom stereocenters. The van der Waals surface area contributed by atoms with Gasteiger partial charge in [-0.2, -0.15) is 4.37 Å². The van der Waals surface area contributed by atoms with E-state index in [9.17, 15) is 4.39 Å². The van der Waals surface area contributed by atoms with E-state index in [1.807, 2.05) is 26.0 Å². The molecule has 2 rings (SSSR count). The summed E-state index contributed by atoms with van der Waals surface area (Å²) in [4.78, 5) is 0. The SMILES string of the molecule is Cc1cc(CNc2snc(N)c2OC(C)C)cc(C)c1F. The zero-order chi connectivity index (χ0) is 15.6. The fourth-order valence-corrected chi connectivity index (χ4v) is 2.72. The van der Waals surface area contributed by atoms with Crippen molar-refractivity contribution >= 4 is 22.4 Å². The molecule has 1 aromatic carbocycles. The second-order valence-electron chi connectivity index (χ2n) is 5.29. The first-order chi connectivity index (χ1) is 9.88. The van der Waals surface area contributed by atoms with Gasteiger partial charge in [0.05, 0.1) is 6.10 Å². The van der Waals surface area contributed by atoms with Gasteiger partial charge >= 0.3 is 0 Å². The van der Waals surface area contributed by atoms with Gasteiger partial charge < -0.3 is 15.8 Å². The van der Waals surface area contributed by atoms with Gasteiger partial charge in [0.15, 0.2) is 16.6 Å². The van der Waals surface area contributed by atoms with E-state index >= 15 is 0 Å². The Labute approximate surface area is 128 Å². The van der Waals surface area contributed by atoms with Crippen molar-refractivity contribution in [2.45, 2.75) is 40.3 Å². The molecule has 0 aliphatic heterocycles. The highest BCUT2D eigenvalue weighted by Gasteiger charge is 2.14. The first-order valence-corrected chi connectivity index (χ1v) is 7.57. The van der Waals surface area contributed by atoms with Crippen molar-refractivity contribution in [3.63, 3.8) is 0 Å². The van der Waals surface area contributed by atoms with Crippen molar-refractivity contribution in [3.05, 3.63) is 34.6 Å². The van der Waals surface area contributed by atoms with Crippen molar-refractivity contribution in [1.82, 2.24) is 4.37 Å². The van der Waals surface area contributed by atoms with Crippen LogP contribution in [0.15, 0.2) is 12.1 Å². The van der Waals surface area contributed by atoms with Crippen molar-refractivity contribution < 1.29 is 9.13 Å². The summed E-state index contributed by atoms with van der Waals surface area (Å²) in [6.07, 6.45) is 0.0274. The van der Waals surface area contributed by atoms with E-state index in [2.05, 4.69) is 9.69 Å². The van der Waals surface area contributed by atoms with Gasteiger partial charge in [0.1, 0.15) is 5.82 Å². The highest BCUT2D eigenvalue weighted by Crippen LogP contribution is 2.36. The summed E-state index contributed by atoms with van der Waals surface area (Å²) in [5.41, 5.74) is 8.11. The minimum Gasteiger partial charge on any atom is -0.484 e. The second-order valence-corrected chi connectivity index (χ2v) is 6.06. The van der Waals surface area contributed by atoms with Crippen LogP contribution in [0.1, 0.15) is 30.5 Å². The molecule has 0 amide bonds. The molecule has 0 fully saturated rings. The summed E-state index contributed by atoms with van der Waals surface area (Å²) in [6, 6.07) is 3.67. The molecular formula is C15H20FN3OS. The van der Waals surface area contributed by atoms with E-state index in [1.54, 1.807) is 13.8 Å². The third kappa shape index (κ3) is 3.64. The van der Waals surface area contributed by atoms with E-state index in [1.165, 1.54) is 11.5 Å². The van der Waals surface area contributed by atoms with Gasteiger partial charge in [0, 0.05) is 6.54 Å². The topological polar surface area (TPSA) is 60.2 Å². The van der Waals surface area contributed by atoms with Gasteiger partial charge in [0.2, 0.25) is 0 Å². The van der Waals surface area contributed by atoms with Crippen LogP contribution < -0.4 is 15.8 Å². The Morgan fingerprint density at radius 2 is 1.95 bits per heavy atom. The highest BCUT2D eigenvalue weighted by atomic mass is 32.1. The number of aryl methyl sites for hydroxylation is 2. The molecule has 6 heteroatoms. The van der Waals surface area contributed by atoms with Gasteiger partial charge in [-0.05, 0) is 55.9 Å². The molecule has 1 heterocycles. The van der Waals surface area contributed by atoms with Crippen LogP contribution in [-0.4, -0.2) is 10.5 Å². The van der Waals surface area contributed by atoms with Crippen LogP contribution in [0.5, 0.6) is 5.75 Å². The standard InChI is InChI=1S/C15H20FN3OS/c1-8(2)20-13-14(17)19-21-15(13)18-7-11-5-9(3)12(16)10(4)6-11/h5-6,8,18H,7H2,1-4H3,(H2,17,19). The van der Waals surface area contributed by atoms with Crippen LogP contribution >= 0.6 is 11.5 Å². The van der Waals surface area contributed by atoms with Gasteiger partial charge in [0.25, 0.3) is 0 Å². The number of aromatic nitrogens is 1. The smallest absolute Gasteiger partial charge is 0.197 e. The number of anilines is 2. The molecule has 1 aromatic heterocycles. The molecule has 0 spiro atoms. The van der Waals surface area contributed by atoms with Crippen molar-refractivity contribution in [3.8, 4) is 5.75 Å². The summed E-state index contributed by atoms with van der Waals surface area (Å²) >= 11 is 1.26. The Bertz CT molecular complexity index is 617. The predicted octanol–water partition coefficient (Wildman–Crippen LogP) is 3.88. The molecule has 21 heavy (non-hydrogen) atoms. The van der Waals surface area contributed by atoms with Crippen LogP contribution in [0, 0.1) is 19.7 Å². The van der Waals surface area contributed by atoms with Crippen LogP contribution in [-0.2, 0) is 6.54 Å². The van der Waals surface area contributed by atoms with Crippen LogP contribution in [0.2, 0.25) is 0 Å². The zero-order valence-electron chi connectivity index (χ0n) is 12.7. The van der Waals surface area contributed by atoms with Gasteiger partial charge in [-0.15, -0.1) is 0 Å². The Kier molecular flexibility index (Phi) is 4.67. The maximum absolute atomic E-state index is 13.6.